The molecule has 0 aliphatic heterocycles. The maximum atomic E-state index is 6.14. The molecule has 2 aromatic rings. The topological polar surface area (TPSA) is 48.1 Å². The van der Waals surface area contributed by atoms with Gasteiger partial charge < -0.3 is 10.5 Å². The van der Waals surface area contributed by atoms with E-state index in [1.807, 2.05) is 36.4 Å². The van der Waals surface area contributed by atoms with Crippen molar-refractivity contribution in [3.8, 4) is 5.75 Å². The van der Waals surface area contributed by atoms with Gasteiger partial charge in [-0.2, -0.15) is 0 Å². The normalized spacial score (nSPS) is 12.1. The number of nitrogens with two attached hydrogens (primary N) is 1. The number of methoxy groups -OCH3 is 1. The molecule has 0 amide bonds. The Bertz CT molecular complexity index is 456. The molecule has 0 bridgehead atoms. The molecule has 3 nitrogen and oxygen atoms in total. The standard InChI is InChI=1S/C13H14N2O/c1-16-12-7-11(8-15-9-12)13(14)10-5-3-2-4-6-10/h2-9,13H,14H2,1H3. The summed E-state index contributed by atoms with van der Waals surface area (Å²) in [5, 5.41) is 0. The Morgan fingerprint density at radius 3 is 2.56 bits per heavy atom. The van der Waals surface area contributed by atoms with Gasteiger partial charge in [-0.05, 0) is 17.2 Å². The average molecular weight is 214 g/mol. The predicted octanol–water partition coefficient (Wildman–Crippen LogP) is 2.14. The fraction of sp³-hybridized carbons (Fsp3) is 0.154. The van der Waals surface area contributed by atoms with Crippen molar-refractivity contribution in [3.63, 3.8) is 0 Å². The van der Waals surface area contributed by atoms with E-state index in [4.69, 9.17) is 10.5 Å². The molecule has 1 aromatic heterocycles. The highest BCUT2D eigenvalue weighted by Crippen LogP contribution is 2.21. The van der Waals surface area contributed by atoms with E-state index in [-0.39, 0.29) is 6.04 Å². The van der Waals surface area contributed by atoms with E-state index in [1.165, 1.54) is 0 Å². The lowest BCUT2D eigenvalue weighted by atomic mass is 10.0. The summed E-state index contributed by atoms with van der Waals surface area (Å²) in [5.74, 6) is 0.726. The Morgan fingerprint density at radius 2 is 1.88 bits per heavy atom. The van der Waals surface area contributed by atoms with Gasteiger partial charge in [-0.3, -0.25) is 4.98 Å². The second-order valence-electron chi connectivity index (χ2n) is 3.55. The number of hydrogen-bond acceptors (Lipinski definition) is 3. The average Bonchev–Trinajstić information content (AvgIpc) is 2.39. The molecule has 82 valence electrons. The van der Waals surface area contributed by atoms with Gasteiger partial charge in [0.1, 0.15) is 5.75 Å². The molecule has 0 saturated carbocycles. The molecule has 0 fully saturated rings. The number of benzene rings is 1. The molecule has 2 N–H and O–H groups in total. The summed E-state index contributed by atoms with van der Waals surface area (Å²) in [6, 6.07) is 11.7. The van der Waals surface area contributed by atoms with Crippen LogP contribution in [0, 0.1) is 0 Å². The zero-order valence-corrected chi connectivity index (χ0v) is 9.13. The Labute approximate surface area is 94.9 Å². The van der Waals surface area contributed by atoms with Gasteiger partial charge in [0.15, 0.2) is 0 Å². The molecule has 3 heteroatoms. The van der Waals surface area contributed by atoms with Gasteiger partial charge in [0.2, 0.25) is 0 Å². The number of hydrogen-bond donors (Lipinski definition) is 1. The SMILES string of the molecule is COc1cncc(C(N)c2ccccc2)c1. The smallest absolute Gasteiger partial charge is 0.137 e. The van der Waals surface area contributed by atoms with E-state index in [2.05, 4.69) is 4.98 Å². The van der Waals surface area contributed by atoms with Crippen LogP contribution in [0.4, 0.5) is 0 Å². The van der Waals surface area contributed by atoms with E-state index >= 15 is 0 Å². The lowest BCUT2D eigenvalue weighted by Gasteiger charge is -2.12. The zero-order valence-electron chi connectivity index (χ0n) is 9.13. The quantitative estimate of drug-likeness (QED) is 0.851. The van der Waals surface area contributed by atoms with Crippen LogP contribution in [0.2, 0.25) is 0 Å². The summed E-state index contributed by atoms with van der Waals surface area (Å²) in [6.07, 6.45) is 3.43. The van der Waals surface area contributed by atoms with E-state index < -0.39 is 0 Å². The third-order valence-corrected chi connectivity index (χ3v) is 2.49. The largest absolute Gasteiger partial charge is 0.495 e. The zero-order chi connectivity index (χ0) is 11.4. The minimum Gasteiger partial charge on any atom is -0.495 e. The summed E-state index contributed by atoms with van der Waals surface area (Å²) in [5.41, 5.74) is 8.16. The van der Waals surface area contributed by atoms with Crippen LogP contribution in [0.5, 0.6) is 5.75 Å². The van der Waals surface area contributed by atoms with Crippen LogP contribution in [-0.2, 0) is 0 Å². The third-order valence-electron chi connectivity index (χ3n) is 2.49. The van der Waals surface area contributed by atoms with Gasteiger partial charge in [0.25, 0.3) is 0 Å². The summed E-state index contributed by atoms with van der Waals surface area (Å²) in [6.45, 7) is 0. The Morgan fingerprint density at radius 1 is 1.12 bits per heavy atom. The maximum absolute atomic E-state index is 6.14. The first kappa shape index (κ1) is 10.6. The van der Waals surface area contributed by atoms with Crippen molar-refractivity contribution in [1.29, 1.82) is 0 Å². The van der Waals surface area contributed by atoms with Crippen LogP contribution in [0.3, 0.4) is 0 Å². The number of aromatic nitrogens is 1. The summed E-state index contributed by atoms with van der Waals surface area (Å²) in [4.78, 5) is 4.10. The first-order valence-corrected chi connectivity index (χ1v) is 5.10. The van der Waals surface area contributed by atoms with Gasteiger partial charge in [-0.25, -0.2) is 0 Å². The Kier molecular flexibility index (Phi) is 3.17. The molecule has 0 aliphatic carbocycles. The van der Waals surface area contributed by atoms with Crippen LogP contribution in [0.15, 0.2) is 48.8 Å². The van der Waals surface area contributed by atoms with Crippen molar-refractivity contribution in [2.75, 3.05) is 7.11 Å². The van der Waals surface area contributed by atoms with Crippen molar-refractivity contribution in [2.45, 2.75) is 6.04 Å². The molecule has 0 aliphatic rings. The first-order valence-electron chi connectivity index (χ1n) is 5.10. The molecule has 1 aromatic carbocycles. The van der Waals surface area contributed by atoms with Gasteiger partial charge in [-0.1, -0.05) is 30.3 Å². The maximum Gasteiger partial charge on any atom is 0.137 e. The molecule has 1 heterocycles. The molecule has 0 saturated heterocycles. The minimum atomic E-state index is -0.163. The Balaban J connectivity index is 2.30. The van der Waals surface area contributed by atoms with Crippen LogP contribution >= 0.6 is 0 Å². The fourth-order valence-electron chi connectivity index (χ4n) is 1.57. The highest BCUT2D eigenvalue weighted by molar-refractivity contribution is 5.33. The van der Waals surface area contributed by atoms with Gasteiger partial charge in [0, 0.05) is 6.20 Å². The van der Waals surface area contributed by atoms with E-state index in [1.54, 1.807) is 19.5 Å². The van der Waals surface area contributed by atoms with Crippen molar-refractivity contribution in [3.05, 3.63) is 59.9 Å². The minimum absolute atomic E-state index is 0.163. The molecule has 1 unspecified atom stereocenters. The highest BCUT2D eigenvalue weighted by atomic mass is 16.5. The van der Waals surface area contributed by atoms with Crippen LogP contribution in [0.25, 0.3) is 0 Å². The van der Waals surface area contributed by atoms with E-state index in [0.717, 1.165) is 16.9 Å². The summed E-state index contributed by atoms with van der Waals surface area (Å²) < 4.78 is 5.12. The van der Waals surface area contributed by atoms with Crippen LogP contribution in [0.1, 0.15) is 17.2 Å². The second-order valence-corrected chi connectivity index (χ2v) is 3.55. The van der Waals surface area contributed by atoms with E-state index in [0.29, 0.717) is 0 Å². The number of pyridine rings is 1. The van der Waals surface area contributed by atoms with Crippen molar-refractivity contribution in [2.24, 2.45) is 5.73 Å². The number of ether oxygens (including phenoxy) is 1. The summed E-state index contributed by atoms with van der Waals surface area (Å²) >= 11 is 0. The fourth-order valence-corrected chi connectivity index (χ4v) is 1.57. The Hall–Kier alpha value is -1.87. The highest BCUT2D eigenvalue weighted by Gasteiger charge is 2.09. The lowest BCUT2D eigenvalue weighted by Crippen LogP contribution is -2.12. The number of rotatable bonds is 3. The van der Waals surface area contributed by atoms with Crippen molar-refractivity contribution in [1.82, 2.24) is 4.98 Å². The van der Waals surface area contributed by atoms with Crippen molar-refractivity contribution < 1.29 is 4.74 Å². The molecular formula is C13H14N2O. The molecule has 1 atom stereocenters. The summed E-state index contributed by atoms with van der Waals surface area (Å²) in [7, 11) is 1.62. The monoisotopic (exact) mass is 214 g/mol. The van der Waals surface area contributed by atoms with Crippen LogP contribution < -0.4 is 10.5 Å². The van der Waals surface area contributed by atoms with Gasteiger partial charge in [0.05, 0.1) is 19.3 Å². The first-order chi connectivity index (χ1) is 7.81. The molecular weight excluding hydrogens is 200 g/mol. The molecule has 0 spiro atoms. The number of nitrogens with zero attached hydrogens (tertiary/aromatic N) is 1. The second kappa shape index (κ2) is 4.77. The van der Waals surface area contributed by atoms with Crippen LogP contribution in [-0.4, -0.2) is 12.1 Å². The van der Waals surface area contributed by atoms with Gasteiger partial charge >= 0.3 is 0 Å². The van der Waals surface area contributed by atoms with Gasteiger partial charge in [-0.15, -0.1) is 0 Å². The predicted molar refractivity (Wildman–Crippen MR) is 63.3 cm³/mol. The molecule has 16 heavy (non-hydrogen) atoms. The van der Waals surface area contributed by atoms with E-state index in [9.17, 15) is 0 Å². The van der Waals surface area contributed by atoms with Crippen molar-refractivity contribution >= 4 is 0 Å². The molecule has 2 rings (SSSR count). The molecule has 0 radical (unpaired) electrons. The third kappa shape index (κ3) is 2.20. The lowest BCUT2D eigenvalue weighted by molar-refractivity contribution is 0.412.